The molecule has 0 bridgehead atoms. The van der Waals surface area contributed by atoms with E-state index < -0.39 is 0 Å². The lowest BCUT2D eigenvalue weighted by Crippen LogP contribution is -2.28. The minimum atomic E-state index is 0.760. The van der Waals surface area contributed by atoms with E-state index in [1.54, 1.807) is 11.3 Å². The predicted molar refractivity (Wildman–Crippen MR) is 101 cm³/mol. The van der Waals surface area contributed by atoms with Crippen molar-refractivity contribution in [3.05, 3.63) is 58.3 Å². The van der Waals surface area contributed by atoms with Crippen molar-refractivity contribution >= 4 is 33.0 Å². The summed E-state index contributed by atoms with van der Waals surface area (Å²) in [4.78, 5) is 4.55. The molecule has 0 saturated carbocycles. The number of nitrogens with one attached hydrogen (secondary N) is 1. The second kappa shape index (κ2) is 5.98. The highest BCUT2D eigenvalue weighted by atomic mass is 35.5. The fourth-order valence-corrected chi connectivity index (χ4v) is 4.44. The molecule has 0 fully saturated rings. The van der Waals surface area contributed by atoms with Crippen molar-refractivity contribution in [3.63, 3.8) is 0 Å². The number of imidazole rings is 1. The Hall–Kier alpha value is -2.15. The molecular formula is C18H16ClN5S. The minimum Gasteiger partial charge on any atom is -0.325 e. The largest absolute Gasteiger partial charge is 0.325 e. The lowest BCUT2D eigenvalue weighted by Gasteiger charge is -2.13. The molecule has 0 saturated heterocycles. The van der Waals surface area contributed by atoms with Crippen LogP contribution in [-0.2, 0) is 19.6 Å². The first-order chi connectivity index (χ1) is 12.3. The highest BCUT2D eigenvalue weighted by molar-refractivity contribution is 7.17. The number of hydrogen-bond donors (Lipinski definition) is 1. The molecule has 7 heteroatoms. The quantitative estimate of drug-likeness (QED) is 0.598. The molecule has 3 aromatic heterocycles. The maximum absolute atomic E-state index is 6.18. The second-order valence-corrected chi connectivity index (χ2v) is 7.55. The summed E-state index contributed by atoms with van der Waals surface area (Å²) in [7, 11) is 0. The molecule has 4 heterocycles. The third-order valence-corrected chi connectivity index (χ3v) is 5.82. The van der Waals surface area contributed by atoms with Gasteiger partial charge in [0.1, 0.15) is 5.69 Å². The van der Waals surface area contributed by atoms with Gasteiger partial charge in [0, 0.05) is 35.2 Å². The summed E-state index contributed by atoms with van der Waals surface area (Å²) >= 11 is 7.93. The van der Waals surface area contributed by atoms with Crippen LogP contribution in [0, 0.1) is 0 Å². The van der Waals surface area contributed by atoms with Crippen molar-refractivity contribution in [2.75, 3.05) is 6.54 Å². The molecular weight excluding hydrogens is 354 g/mol. The van der Waals surface area contributed by atoms with Crippen LogP contribution >= 0.6 is 22.9 Å². The van der Waals surface area contributed by atoms with Crippen molar-refractivity contribution in [3.8, 4) is 11.5 Å². The highest BCUT2D eigenvalue weighted by Gasteiger charge is 2.16. The molecule has 0 atom stereocenters. The summed E-state index contributed by atoms with van der Waals surface area (Å²) < 4.78 is 5.49. The van der Waals surface area contributed by atoms with Crippen molar-refractivity contribution in [2.24, 2.45) is 0 Å². The van der Waals surface area contributed by atoms with Gasteiger partial charge in [-0.05, 0) is 40.6 Å². The van der Waals surface area contributed by atoms with Gasteiger partial charge in [-0.2, -0.15) is 5.10 Å². The maximum Gasteiger partial charge on any atom is 0.160 e. The van der Waals surface area contributed by atoms with Gasteiger partial charge in [0.25, 0.3) is 0 Å². The van der Waals surface area contributed by atoms with Gasteiger partial charge in [0.2, 0.25) is 0 Å². The normalized spacial score (nSPS) is 14.1. The van der Waals surface area contributed by atoms with Gasteiger partial charge in [0.05, 0.1) is 18.8 Å². The zero-order chi connectivity index (χ0) is 16.8. The lowest BCUT2D eigenvalue weighted by atomic mass is 10.2. The van der Waals surface area contributed by atoms with Crippen LogP contribution in [0.2, 0.25) is 5.02 Å². The molecule has 4 aromatic rings. The predicted octanol–water partition coefficient (Wildman–Crippen LogP) is 3.77. The first kappa shape index (κ1) is 15.1. The summed E-state index contributed by atoms with van der Waals surface area (Å²) in [6.07, 6.45) is 3.85. The number of fused-ring (bicyclic) bond motifs is 2. The Morgan fingerprint density at radius 1 is 1.28 bits per heavy atom. The fourth-order valence-electron chi connectivity index (χ4n) is 3.33. The van der Waals surface area contributed by atoms with E-state index in [-0.39, 0.29) is 0 Å². The SMILES string of the molecule is Clc1ccc2scc(Cn3ccnc3-c3cc4n(n3)CCNC4)c2c1. The van der Waals surface area contributed by atoms with Crippen molar-refractivity contribution in [1.29, 1.82) is 0 Å². The van der Waals surface area contributed by atoms with Crippen LogP contribution in [0.25, 0.3) is 21.6 Å². The smallest absolute Gasteiger partial charge is 0.160 e. The molecule has 0 unspecified atom stereocenters. The summed E-state index contributed by atoms with van der Waals surface area (Å²) in [5, 5.41) is 12.3. The van der Waals surface area contributed by atoms with Crippen molar-refractivity contribution in [1.82, 2.24) is 24.6 Å². The molecule has 5 rings (SSSR count). The van der Waals surface area contributed by atoms with Crippen molar-refractivity contribution in [2.45, 2.75) is 19.6 Å². The Bertz CT molecular complexity index is 1040. The van der Waals surface area contributed by atoms with Crippen LogP contribution in [-0.4, -0.2) is 25.9 Å². The first-order valence-electron chi connectivity index (χ1n) is 8.22. The van der Waals surface area contributed by atoms with Crippen LogP contribution in [0.5, 0.6) is 0 Å². The van der Waals surface area contributed by atoms with E-state index in [2.05, 4.69) is 37.1 Å². The van der Waals surface area contributed by atoms with Gasteiger partial charge >= 0.3 is 0 Å². The van der Waals surface area contributed by atoms with E-state index in [0.29, 0.717) is 0 Å². The van der Waals surface area contributed by atoms with Crippen LogP contribution < -0.4 is 5.32 Å². The number of nitrogens with zero attached hydrogens (tertiary/aromatic N) is 4. The topological polar surface area (TPSA) is 47.7 Å². The Kier molecular flexibility index (Phi) is 3.62. The molecule has 0 aliphatic carbocycles. The number of benzene rings is 1. The van der Waals surface area contributed by atoms with Gasteiger partial charge in [-0.15, -0.1) is 11.3 Å². The van der Waals surface area contributed by atoms with Gasteiger partial charge < -0.3 is 9.88 Å². The van der Waals surface area contributed by atoms with E-state index in [4.69, 9.17) is 16.7 Å². The third-order valence-electron chi connectivity index (χ3n) is 4.57. The van der Waals surface area contributed by atoms with Crippen LogP contribution in [0.4, 0.5) is 0 Å². The van der Waals surface area contributed by atoms with Crippen LogP contribution in [0.15, 0.2) is 42.0 Å². The van der Waals surface area contributed by atoms with E-state index in [0.717, 1.165) is 42.7 Å². The molecule has 1 aromatic carbocycles. The van der Waals surface area contributed by atoms with Gasteiger partial charge in [-0.25, -0.2) is 4.98 Å². The summed E-state index contributed by atoms with van der Waals surface area (Å²) in [6, 6.07) is 8.20. The van der Waals surface area contributed by atoms with E-state index in [1.807, 2.05) is 24.5 Å². The average molecular weight is 370 g/mol. The van der Waals surface area contributed by atoms with Crippen molar-refractivity contribution < 1.29 is 0 Å². The average Bonchev–Trinajstić information content (AvgIpc) is 3.33. The van der Waals surface area contributed by atoms with Gasteiger partial charge in [-0.1, -0.05) is 11.6 Å². The molecule has 126 valence electrons. The zero-order valence-electron chi connectivity index (χ0n) is 13.4. The lowest BCUT2D eigenvalue weighted by molar-refractivity contribution is 0.476. The zero-order valence-corrected chi connectivity index (χ0v) is 15.0. The number of hydrogen-bond acceptors (Lipinski definition) is 4. The van der Waals surface area contributed by atoms with Crippen LogP contribution in [0.3, 0.4) is 0 Å². The standard InChI is InChI=1S/C18H16ClN5S/c19-13-1-2-17-15(7-13)12(11-25-17)10-23-5-4-21-18(23)16-8-14-9-20-3-6-24(14)22-16/h1-2,4-5,7-8,11,20H,3,6,9-10H2. The Labute approximate surface area is 153 Å². The summed E-state index contributed by atoms with van der Waals surface area (Å²) in [6.45, 7) is 3.49. The molecule has 1 aliphatic rings. The van der Waals surface area contributed by atoms with E-state index in [9.17, 15) is 0 Å². The third kappa shape index (κ3) is 2.66. The molecule has 1 aliphatic heterocycles. The monoisotopic (exact) mass is 369 g/mol. The minimum absolute atomic E-state index is 0.760. The molecule has 1 N–H and O–H groups in total. The molecule has 5 nitrogen and oxygen atoms in total. The van der Waals surface area contributed by atoms with Gasteiger partial charge in [0.15, 0.2) is 5.82 Å². The first-order valence-corrected chi connectivity index (χ1v) is 9.48. The maximum atomic E-state index is 6.18. The number of aromatic nitrogens is 4. The fraction of sp³-hybridized carbons (Fsp3) is 0.222. The van der Waals surface area contributed by atoms with Gasteiger partial charge in [-0.3, -0.25) is 4.68 Å². The number of rotatable bonds is 3. The summed E-state index contributed by atoms with van der Waals surface area (Å²) in [5.74, 6) is 0.906. The number of halogens is 1. The van der Waals surface area contributed by atoms with Crippen LogP contribution in [0.1, 0.15) is 11.3 Å². The molecule has 0 amide bonds. The summed E-state index contributed by atoms with van der Waals surface area (Å²) in [5.41, 5.74) is 3.40. The Morgan fingerprint density at radius 2 is 2.24 bits per heavy atom. The second-order valence-electron chi connectivity index (χ2n) is 6.20. The number of thiophene rings is 1. The Balaban J connectivity index is 1.52. The molecule has 0 radical (unpaired) electrons. The van der Waals surface area contributed by atoms with E-state index >= 15 is 0 Å². The molecule has 25 heavy (non-hydrogen) atoms. The molecule has 0 spiro atoms. The van der Waals surface area contributed by atoms with E-state index in [1.165, 1.54) is 21.3 Å². The Morgan fingerprint density at radius 3 is 3.16 bits per heavy atom. The highest BCUT2D eigenvalue weighted by Crippen LogP contribution is 2.30.